The van der Waals surface area contributed by atoms with Gasteiger partial charge in [-0.15, -0.1) is 0 Å². The van der Waals surface area contributed by atoms with Gasteiger partial charge in [-0.05, 0) is 18.7 Å². The van der Waals surface area contributed by atoms with E-state index in [0.717, 1.165) is 35.1 Å². The van der Waals surface area contributed by atoms with E-state index in [9.17, 15) is 4.79 Å². The lowest BCUT2D eigenvalue weighted by Crippen LogP contribution is -2.41. The second-order valence-corrected chi connectivity index (χ2v) is 6.88. The number of morpholine rings is 1. The zero-order chi connectivity index (χ0) is 18.8. The molecule has 1 atom stereocenters. The van der Waals surface area contributed by atoms with Gasteiger partial charge in [0, 0.05) is 43.5 Å². The minimum atomic E-state index is -0.141. The number of aryl methyl sites for hydroxylation is 1. The van der Waals surface area contributed by atoms with Crippen LogP contribution in [0.2, 0.25) is 0 Å². The molecule has 0 spiro atoms. The maximum atomic E-state index is 12.3. The molecule has 3 heterocycles. The maximum absolute atomic E-state index is 12.3. The molecule has 8 nitrogen and oxygen atoms in total. The number of ether oxygens (including phenoxy) is 1. The lowest BCUT2D eigenvalue weighted by Gasteiger charge is -2.29. The maximum Gasteiger partial charge on any atom is 0.229 e. The van der Waals surface area contributed by atoms with E-state index in [0.29, 0.717) is 19.0 Å². The van der Waals surface area contributed by atoms with Crippen molar-refractivity contribution in [2.45, 2.75) is 12.5 Å². The summed E-state index contributed by atoms with van der Waals surface area (Å²) in [6, 6.07) is 5.95. The quantitative estimate of drug-likeness (QED) is 0.756. The van der Waals surface area contributed by atoms with Crippen LogP contribution in [0.25, 0.3) is 22.0 Å². The van der Waals surface area contributed by atoms with Crippen LogP contribution in [0.3, 0.4) is 0 Å². The molecule has 140 valence electrons. The van der Waals surface area contributed by atoms with Crippen molar-refractivity contribution < 1.29 is 9.53 Å². The van der Waals surface area contributed by atoms with Crippen molar-refractivity contribution in [3.8, 4) is 11.1 Å². The van der Waals surface area contributed by atoms with Gasteiger partial charge in [-0.1, -0.05) is 12.1 Å². The highest BCUT2D eigenvalue weighted by molar-refractivity contribution is 5.91. The first-order valence-electron chi connectivity index (χ1n) is 8.92. The minimum Gasteiger partial charge on any atom is -0.375 e. The summed E-state index contributed by atoms with van der Waals surface area (Å²) in [6.45, 7) is 2.30. The summed E-state index contributed by atoms with van der Waals surface area (Å²) in [7, 11) is 3.91. The summed E-state index contributed by atoms with van der Waals surface area (Å²) >= 11 is 0. The summed E-state index contributed by atoms with van der Waals surface area (Å²) < 4.78 is 7.40. The van der Waals surface area contributed by atoms with E-state index in [1.54, 1.807) is 10.9 Å². The van der Waals surface area contributed by atoms with Crippen LogP contribution < -0.4 is 5.32 Å². The van der Waals surface area contributed by atoms with Crippen LogP contribution in [0, 0.1) is 0 Å². The van der Waals surface area contributed by atoms with Crippen molar-refractivity contribution >= 4 is 22.8 Å². The van der Waals surface area contributed by atoms with Crippen molar-refractivity contribution in [3.63, 3.8) is 0 Å². The van der Waals surface area contributed by atoms with Gasteiger partial charge >= 0.3 is 0 Å². The zero-order valence-electron chi connectivity index (χ0n) is 15.4. The SMILES string of the molecule is CN1CCOC(CC(=O)Nc2ncc3ccc(-c4cnn(C)c4)cc3n2)C1. The molecule has 1 fully saturated rings. The standard InChI is InChI=1S/C19H22N6O2/c1-24-5-6-27-16(12-24)8-18(26)23-19-20-9-14-4-3-13(7-17(14)22-19)15-10-21-25(2)11-15/h3-4,7,9-11,16H,5-6,8,12H2,1-2H3,(H,20,22,23,26). The minimum absolute atomic E-state index is 0.0959. The Hall–Kier alpha value is -2.84. The van der Waals surface area contributed by atoms with Crippen molar-refractivity contribution in [3.05, 3.63) is 36.8 Å². The topological polar surface area (TPSA) is 85.2 Å². The number of hydrogen-bond acceptors (Lipinski definition) is 6. The number of rotatable bonds is 4. The molecule has 2 aromatic heterocycles. The van der Waals surface area contributed by atoms with Gasteiger partial charge in [-0.2, -0.15) is 5.10 Å². The van der Waals surface area contributed by atoms with Gasteiger partial charge in [0.25, 0.3) is 0 Å². The molecule has 0 radical (unpaired) electrons. The van der Waals surface area contributed by atoms with E-state index >= 15 is 0 Å². The monoisotopic (exact) mass is 366 g/mol. The van der Waals surface area contributed by atoms with Gasteiger partial charge in [0.05, 0.1) is 30.8 Å². The molecular weight excluding hydrogens is 344 g/mol. The van der Waals surface area contributed by atoms with Crippen LogP contribution in [0.1, 0.15) is 6.42 Å². The number of carbonyl (C=O) groups is 1. The highest BCUT2D eigenvalue weighted by atomic mass is 16.5. The number of carbonyl (C=O) groups excluding carboxylic acids is 1. The third kappa shape index (κ3) is 4.12. The van der Waals surface area contributed by atoms with Gasteiger partial charge in [0.1, 0.15) is 0 Å². The van der Waals surface area contributed by atoms with Gasteiger partial charge in [0.15, 0.2) is 0 Å². The Bertz CT molecular complexity index is 970. The largest absolute Gasteiger partial charge is 0.375 e. The van der Waals surface area contributed by atoms with Gasteiger partial charge < -0.3 is 9.64 Å². The van der Waals surface area contributed by atoms with Crippen LogP contribution >= 0.6 is 0 Å². The summed E-state index contributed by atoms with van der Waals surface area (Å²) in [5, 5.41) is 7.90. The predicted molar refractivity (Wildman–Crippen MR) is 102 cm³/mol. The number of nitrogens with one attached hydrogen (secondary N) is 1. The Kier molecular flexibility index (Phi) is 4.83. The molecular formula is C19H22N6O2. The highest BCUT2D eigenvalue weighted by Crippen LogP contribution is 2.23. The molecule has 4 rings (SSSR count). The molecule has 1 aliphatic heterocycles. The van der Waals surface area contributed by atoms with Crippen molar-refractivity contribution in [1.82, 2.24) is 24.6 Å². The summed E-state index contributed by atoms with van der Waals surface area (Å²) in [5.41, 5.74) is 2.81. The van der Waals surface area contributed by atoms with E-state index < -0.39 is 0 Å². The summed E-state index contributed by atoms with van der Waals surface area (Å²) in [6.07, 6.45) is 5.68. The van der Waals surface area contributed by atoms with Gasteiger partial charge in [-0.3, -0.25) is 14.8 Å². The van der Waals surface area contributed by atoms with Crippen LogP contribution in [0.15, 0.2) is 36.8 Å². The molecule has 0 bridgehead atoms. The van der Waals surface area contributed by atoms with E-state index in [4.69, 9.17) is 4.74 Å². The number of fused-ring (bicyclic) bond motifs is 1. The number of aromatic nitrogens is 4. The molecule has 1 aromatic carbocycles. The van der Waals surface area contributed by atoms with E-state index in [2.05, 4.69) is 25.3 Å². The van der Waals surface area contributed by atoms with Gasteiger partial charge in [-0.25, -0.2) is 9.97 Å². The van der Waals surface area contributed by atoms with Crippen molar-refractivity contribution in [1.29, 1.82) is 0 Å². The summed E-state index contributed by atoms with van der Waals surface area (Å²) in [4.78, 5) is 23.2. The summed E-state index contributed by atoms with van der Waals surface area (Å²) in [5.74, 6) is 0.165. The van der Waals surface area contributed by atoms with Crippen molar-refractivity contribution in [2.24, 2.45) is 7.05 Å². The number of likely N-dealkylation sites (N-methyl/N-ethyl adjacent to an activating group) is 1. The molecule has 1 N–H and O–H groups in total. The fourth-order valence-electron chi connectivity index (χ4n) is 3.21. The zero-order valence-corrected chi connectivity index (χ0v) is 15.4. The second kappa shape index (κ2) is 7.42. The van der Waals surface area contributed by atoms with Crippen LogP contribution in [-0.2, 0) is 16.6 Å². The fraction of sp³-hybridized carbons (Fsp3) is 0.368. The average Bonchev–Trinajstić information content (AvgIpc) is 3.07. The number of nitrogens with zero attached hydrogens (tertiary/aromatic N) is 5. The highest BCUT2D eigenvalue weighted by Gasteiger charge is 2.21. The van der Waals surface area contributed by atoms with Crippen LogP contribution in [0.5, 0.6) is 0 Å². The Balaban J connectivity index is 1.49. The Labute approximate surface area is 157 Å². The first-order valence-corrected chi connectivity index (χ1v) is 8.92. The molecule has 3 aromatic rings. The third-order valence-electron chi connectivity index (χ3n) is 4.63. The molecule has 27 heavy (non-hydrogen) atoms. The van der Waals surface area contributed by atoms with E-state index in [-0.39, 0.29) is 12.0 Å². The lowest BCUT2D eigenvalue weighted by atomic mass is 10.1. The second-order valence-electron chi connectivity index (χ2n) is 6.88. The number of anilines is 1. The first kappa shape index (κ1) is 17.6. The van der Waals surface area contributed by atoms with E-state index in [1.165, 1.54) is 0 Å². The molecule has 1 saturated heterocycles. The molecule has 1 unspecified atom stereocenters. The molecule has 0 aliphatic carbocycles. The molecule has 0 saturated carbocycles. The molecule has 1 amide bonds. The Morgan fingerprint density at radius 3 is 2.96 bits per heavy atom. The van der Waals surface area contributed by atoms with Crippen LogP contribution in [-0.4, -0.2) is 63.4 Å². The predicted octanol–water partition coefficient (Wildman–Crippen LogP) is 1.69. The fourth-order valence-corrected chi connectivity index (χ4v) is 3.21. The lowest BCUT2D eigenvalue weighted by molar-refractivity contribution is -0.120. The first-order chi connectivity index (χ1) is 13.1. The Morgan fingerprint density at radius 1 is 1.30 bits per heavy atom. The third-order valence-corrected chi connectivity index (χ3v) is 4.63. The van der Waals surface area contributed by atoms with Crippen molar-refractivity contribution in [2.75, 3.05) is 32.1 Å². The number of hydrogen-bond donors (Lipinski definition) is 1. The molecule has 1 aliphatic rings. The normalized spacial score (nSPS) is 17.9. The smallest absolute Gasteiger partial charge is 0.229 e. The number of benzene rings is 1. The Morgan fingerprint density at radius 2 is 2.19 bits per heavy atom. The van der Waals surface area contributed by atoms with Gasteiger partial charge in [0.2, 0.25) is 11.9 Å². The van der Waals surface area contributed by atoms with Crippen LogP contribution in [0.4, 0.5) is 5.95 Å². The molecule has 8 heteroatoms. The average molecular weight is 366 g/mol. The van der Waals surface area contributed by atoms with E-state index in [1.807, 2.05) is 44.7 Å². The number of amides is 1.